The van der Waals surface area contributed by atoms with Crippen LogP contribution >= 0.6 is 0 Å². The van der Waals surface area contributed by atoms with Crippen molar-refractivity contribution in [3.05, 3.63) is 24.2 Å². The van der Waals surface area contributed by atoms with Crippen molar-refractivity contribution in [1.29, 1.82) is 0 Å². The van der Waals surface area contributed by atoms with E-state index < -0.39 is 0 Å². The average Bonchev–Trinajstić information content (AvgIpc) is 2.78. The molecule has 0 spiro atoms. The second-order valence-electron chi connectivity index (χ2n) is 4.56. The second kappa shape index (κ2) is 4.45. The molecule has 0 radical (unpaired) electrons. The summed E-state index contributed by atoms with van der Waals surface area (Å²) < 4.78 is 2.23. The van der Waals surface area contributed by atoms with Crippen molar-refractivity contribution < 1.29 is 0 Å². The lowest BCUT2D eigenvalue weighted by Crippen LogP contribution is -2.29. The van der Waals surface area contributed by atoms with E-state index in [1.54, 1.807) is 0 Å². The zero-order chi connectivity index (χ0) is 11.7. The largest absolute Gasteiger partial charge is 0.312 e. The molecule has 2 aromatic heterocycles. The number of hydrogen-bond donors (Lipinski definition) is 1. The summed E-state index contributed by atoms with van der Waals surface area (Å²) >= 11 is 0. The highest BCUT2D eigenvalue weighted by molar-refractivity contribution is 5.71. The van der Waals surface area contributed by atoms with Gasteiger partial charge in [0.1, 0.15) is 11.3 Å². The fourth-order valence-corrected chi connectivity index (χ4v) is 2.63. The smallest absolute Gasteiger partial charge is 0.160 e. The molecule has 4 nitrogen and oxygen atoms in total. The molecule has 1 unspecified atom stereocenters. The molecule has 0 bridgehead atoms. The number of imidazole rings is 1. The van der Waals surface area contributed by atoms with Crippen LogP contribution < -0.4 is 5.32 Å². The standard InChI is InChI=1S/C13H18N4/c1-2-17-12-11(7-5-9-15-12)16-13(17)10-6-3-4-8-14-10/h5,7,9-10,14H,2-4,6,8H2,1H3. The van der Waals surface area contributed by atoms with Crippen molar-refractivity contribution in [2.75, 3.05) is 6.54 Å². The predicted molar refractivity (Wildman–Crippen MR) is 67.8 cm³/mol. The van der Waals surface area contributed by atoms with Crippen LogP contribution in [0.2, 0.25) is 0 Å². The summed E-state index contributed by atoms with van der Waals surface area (Å²) in [5.74, 6) is 1.15. The number of nitrogens with zero attached hydrogens (tertiary/aromatic N) is 3. The molecule has 1 saturated heterocycles. The van der Waals surface area contributed by atoms with Crippen LogP contribution in [0.4, 0.5) is 0 Å². The molecule has 2 aromatic rings. The maximum absolute atomic E-state index is 4.75. The van der Waals surface area contributed by atoms with Gasteiger partial charge in [0, 0.05) is 12.7 Å². The zero-order valence-electron chi connectivity index (χ0n) is 10.2. The maximum Gasteiger partial charge on any atom is 0.160 e. The van der Waals surface area contributed by atoms with Gasteiger partial charge in [-0.3, -0.25) is 0 Å². The minimum Gasteiger partial charge on any atom is -0.312 e. The molecule has 90 valence electrons. The summed E-state index contributed by atoms with van der Waals surface area (Å²) in [6.07, 6.45) is 5.59. The summed E-state index contributed by atoms with van der Waals surface area (Å²) in [4.78, 5) is 9.19. The van der Waals surface area contributed by atoms with Crippen molar-refractivity contribution in [3.63, 3.8) is 0 Å². The molecule has 1 N–H and O–H groups in total. The first kappa shape index (κ1) is 10.7. The Balaban J connectivity index is 2.08. The Morgan fingerprint density at radius 1 is 1.47 bits per heavy atom. The molecular weight excluding hydrogens is 212 g/mol. The number of aryl methyl sites for hydroxylation is 1. The highest BCUT2D eigenvalue weighted by Crippen LogP contribution is 2.25. The number of aromatic nitrogens is 3. The number of fused-ring (bicyclic) bond motifs is 1. The number of nitrogens with one attached hydrogen (secondary N) is 1. The topological polar surface area (TPSA) is 42.7 Å². The van der Waals surface area contributed by atoms with Gasteiger partial charge in [0.05, 0.1) is 6.04 Å². The third-order valence-electron chi connectivity index (χ3n) is 3.47. The lowest BCUT2D eigenvalue weighted by atomic mass is 10.0. The maximum atomic E-state index is 4.75. The average molecular weight is 230 g/mol. The molecule has 0 amide bonds. The monoisotopic (exact) mass is 230 g/mol. The number of rotatable bonds is 2. The molecule has 0 aromatic carbocycles. The van der Waals surface area contributed by atoms with Gasteiger partial charge >= 0.3 is 0 Å². The van der Waals surface area contributed by atoms with Crippen LogP contribution in [-0.4, -0.2) is 21.1 Å². The van der Waals surface area contributed by atoms with Gasteiger partial charge in [0.25, 0.3) is 0 Å². The molecule has 3 heterocycles. The molecule has 4 heteroatoms. The lowest BCUT2D eigenvalue weighted by Gasteiger charge is -2.23. The number of pyridine rings is 1. The van der Waals surface area contributed by atoms with Gasteiger partial charge < -0.3 is 9.88 Å². The van der Waals surface area contributed by atoms with Crippen LogP contribution in [0.25, 0.3) is 11.2 Å². The predicted octanol–water partition coefficient (Wildman–Crippen LogP) is 2.27. The second-order valence-corrected chi connectivity index (χ2v) is 4.56. The van der Waals surface area contributed by atoms with E-state index in [2.05, 4.69) is 21.8 Å². The first-order valence-corrected chi connectivity index (χ1v) is 6.44. The SMILES string of the molecule is CCn1c(C2CCCCN2)nc2cccnc21. The Bertz CT molecular complexity index is 511. The minimum atomic E-state index is 0.401. The molecule has 3 rings (SSSR count). The van der Waals surface area contributed by atoms with Crippen LogP contribution in [0.5, 0.6) is 0 Å². The molecule has 1 fully saturated rings. The summed E-state index contributed by atoms with van der Waals surface area (Å²) in [6, 6.07) is 4.40. The van der Waals surface area contributed by atoms with Crippen LogP contribution in [-0.2, 0) is 6.54 Å². The van der Waals surface area contributed by atoms with Crippen LogP contribution in [0.1, 0.15) is 38.1 Å². The van der Waals surface area contributed by atoms with Gasteiger partial charge in [-0.05, 0) is 38.4 Å². The van der Waals surface area contributed by atoms with Crippen LogP contribution in [0.3, 0.4) is 0 Å². The first-order valence-electron chi connectivity index (χ1n) is 6.44. The normalized spacial score (nSPS) is 20.9. The summed E-state index contributed by atoms with van der Waals surface area (Å²) in [6.45, 7) is 4.19. The lowest BCUT2D eigenvalue weighted by molar-refractivity contribution is 0.388. The molecule has 17 heavy (non-hydrogen) atoms. The van der Waals surface area contributed by atoms with Gasteiger partial charge in [0.15, 0.2) is 5.65 Å². The van der Waals surface area contributed by atoms with Gasteiger partial charge in [0.2, 0.25) is 0 Å². The molecule has 1 atom stereocenters. The van der Waals surface area contributed by atoms with Crippen molar-refractivity contribution >= 4 is 11.2 Å². The van der Waals surface area contributed by atoms with Gasteiger partial charge in [-0.25, -0.2) is 9.97 Å². The number of piperidine rings is 1. The van der Waals surface area contributed by atoms with E-state index in [1.807, 2.05) is 18.3 Å². The van der Waals surface area contributed by atoms with E-state index in [9.17, 15) is 0 Å². The zero-order valence-corrected chi connectivity index (χ0v) is 10.2. The Morgan fingerprint density at radius 2 is 2.41 bits per heavy atom. The van der Waals surface area contributed by atoms with Crippen molar-refractivity contribution in [2.24, 2.45) is 0 Å². The highest BCUT2D eigenvalue weighted by atomic mass is 15.2. The van der Waals surface area contributed by atoms with Crippen molar-refractivity contribution in [3.8, 4) is 0 Å². The third-order valence-corrected chi connectivity index (χ3v) is 3.47. The molecule has 0 saturated carbocycles. The fourth-order valence-electron chi connectivity index (χ4n) is 2.63. The summed E-state index contributed by atoms with van der Waals surface area (Å²) in [5, 5.41) is 3.56. The number of hydrogen-bond acceptors (Lipinski definition) is 3. The Hall–Kier alpha value is -1.42. The summed E-state index contributed by atoms with van der Waals surface area (Å²) in [7, 11) is 0. The third kappa shape index (κ3) is 1.82. The van der Waals surface area contributed by atoms with E-state index in [0.717, 1.165) is 30.1 Å². The Morgan fingerprint density at radius 3 is 3.18 bits per heavy atom. The van der Waals surface area contributed by atoms with Gasteiger partial charge in [-0.2, -0.15) is 0 Å². The summed E-state index contributed by atoms with van der Waals surface area (Å²) in [5.41, 5.74) is 2.02. The fraction of sp³-hybridized carbons (Fsp3) is 0.538. The van der Waals surface area contributed by atoms with E-state index in [0.29, 0.717) is 6.04 Å². The van der Waals surface area contributed by atoms with Gasteiger partial charge in [-0.15, -0.1) is 0 Å². The highest BCUT2D eigenvalue weighted by Gasteiger charge is 2.21. The molecule has 1 aliphatic rings. The van der Waals surface area contributed by atoms with E-state index in [-0.39, 0.29) is 0 Å². The van der Waals surface area contributed by atoms with E-state index >= 15 is 0 Å². The van der Waals surface area contributed by atoms with Gasteiger partial charge in [-0.1, -0.05) is 6.42 Å². The quantitative estimate of drug-likeness (QED) is 0.860. The minimum absolute atomic E-state index is 0.401. The Labute approximate surface area is 101 Å². The Kier molecular flexibility index (Phi) is 2.81. The van der Waals surface area contributed by atoms with Crippen molar-refractivity contribution in [2.45, 2.75) is 38.8 Å². The van der Waals surface area contributed by atoms with Crippen LogP contribution in [0, 0.1) is 0 Å². The molecule has 1 aliphatic heterocycles. The van der Waals surface area contributed by atoms with E-state index in [1.165, 1.54) is 19.3 Å². The van der Waals surface area contributed by atoms with Crippen LogP contribution in [0.15, 0.2) is 18.3 Å². The molecular formula is C13H18N4. The van der Waals surface area contributed by atoms with Crippen molar-refractivity contribution in [1.82, 2.24) is 19.9 Å². The molecule has 0 aliphatic carbocycles. The van der Waals surface area contributed by atoms with E-state index in [4.69, 9.17) is 4.98 Å². The first-order chi connectivity index (χ1) is 8.40.